The summed E-state index contributed by atoms with van der Waals surface area (Å²) in [6, 6.07) is 22.0. The minimum atomic E-state index is -1.54. The number of hydrogen-bond donors (Lipinski definition) is 4. The van der Waals surface area contributed by atoms with Crippen molar-refractivity contribution in [2.45, 2.75) is 38.9 Å². The highest BCUT2D eigenvalue weighted by Gasteiger charge is 2.51. The number of aliphatic hydroxyl groups is 2. The van der Waals surface area contributed by atoms with Gasteiger partial charge in [0.15, 0.2) is 0 Å². The molecular formula is C30H28O4. The van der Waals surface area contributed by atoms with Crippen LogP contribution in [0.5, 0.6) is 11.5 Å². The van der Waals surface area contributed by atoms with Crippen LogP contribution in [0.25, 0.3) is 0 Å². The summed E-state index contributed by atoms with van der Waals surface area (Å²) in [6.45, 7) is 7.25. The topological polar surface area (TPSA) is 80.9 Å². The average molecular weight is 453 g/mol. The standard InChI is InChI=1S/C30H28O4/c1-17-13-21(14-18(2)27(17)31)29(33)23-9-5-7-11-25(23)30(34,26-12-8-6-10-24(26)29)22-15-19(3)28(32)20(4)16-22/h5-16,31-34H,1-4H3. The molecule has 0 fully saturated rings. The van der Waals surface area contributed by atoms with Gasteiger partial charge in [-0.15, -0.1) is 0 Å². The zero-order valence-electron chi connectivity index (χ0n) is 19.7. The van der Waals surface area contributed by atoms with Crippen LogP contribution in [0.3, 0.4) is 0 Å². The maximum absolute atomic E-state index is 12.5. The minimum Gasteiger partial charge on any atom is -0.507 e. The van der Waals surface area contributed by atoms with Crippen LogP contribution < -0.4 is 0 Å². The Labute approximate surface area is 199 Å². The van der Waals surface area contributed by atoms with Crippen molar-refractivity contribution in [3.05, 3.63) is 128 Å². The van der Waals surface area contributed by atoms with E-state index in [0.29, 0.717) is 55.6 Å². The molecule has 4 aromatic carbocycles. The number of phenolic OH excluding ortho intramolecular Hbond substituents is 2. The summed E-state index contributed by atoms with van der Waals surface area (Å²) in [7, 11) is 0. The van der Waals surface area contributed by atoms with Gasteiger partial charge in [0.25, 0.3) is 0 Å². The van der Waals surface area contributed by atoms with Crippen molar-refractivity contribution in [2.24, 2.45) is 0 Å². The highest BCUT2D eigenvalue weighted by Crippen LogP contribution is 2.53. The second-order valence-electron chi connectivity index (χ2n) is 9.43. The van der Waals surface area contributed by atoms with Gasteiger partial charge < -0.3 is 20.4 Å². The molecule has 4 nitrogen and oxygen atoms in total. The van der Waals surface area contributed by atoms with Gasteiger partial charge in [-0.1, -0.05) is 48.5 Å². The maximum Gasteiger partial charge on any atom is 0.141 e. The molecule has 0 atom stereocenters. The molecule has 0 amide bonds. The number of benzene rings is 4. The Morgan fingerprint density at radius 1 is 0.471 bits per heavy atom. The molecule has 1 aliphatic rings. The monoisotopic (exact) mass is 452 g/mol. The van der Waals surface area contributed by atoms with Gasteiger partial charge in [0, 0.05) is 0 Å². The van der Waals surface area contributed by atoms with Crippen LogP contribution >= 0.6 is 0 Å². The Kier molecular flexibility index (Phi) is 4.87. The summed E-state index contributed by atoms with van der Waals surface area (Å²) in [5.41, 5.74) is 3.15. The average Bonchev–Trinajstić information content (AvgIpc) is 2.83. The van der Waals surface area contributed by atoms with E-state index in [1.165, 1.54) is 0 Å². The number of phenols is 2. The molecule has 0 saturated carbocycles. The number of aryl methyl sites for hydroxylation is 4. The third-order valence-corrected chi connectivity index (χ3v) is 7.23. The van der Waals surface area contributed by atoms with E-state index in [4.69, 9.17) is 0 Å². The van der Waals surface area contributed by atoms with Crippen LogP contribution in [0.1, 0.15) is 55.6 Å². The first-order chi connectivity index (χ1) is 16.1. The lowest BCUT2D eigenvalue weighted by Gasteiger charge is -2.45. The molecule has 5 rings (SSSR count). The summed E-state index contributed by atoms with van der Waals surface area (Å²) in [5, 5.41) is 45.7. The molecule has 1 aliphatic carbocycles. The third-order valence-electron chi connectivity index (χ3n) is 7.23. The molecule has 0 unspecified atom stereocenters. The molecular weight excluding hydrogens is 424 g/mol. The van der Waals surface area contributed by atoms with Crippen LogP contribution in [0, 0.1) is 27.7 Å². The van der Waals surface area contributed by atoms with E-state index in [1.807, 2.05) is 76.2 Å². The van der Waals surface area contributed by atoms with Gasteiger partial charge in [-0.25, -0.2) is 0 Å². The third kappa shape index (κ3) is 2.86. The molecule has 4 heteroatoms. The van der Waals surface area contributed by atoms with Gasteiger partial charge in [0.2, 0.25) is 0 Å². The van der Waals surface area contributed by atoms with E-state index in [-0.39, 0.29) is 11.5 Å². The van der Waals surface area contributed by atoms with Gasteiger partial charge in [-0.05, 0) is 108 Å². The highest BCUT2D eigenvalue weighted by molar-refractivity contribution is 5.66. The van der Waals surface area contributed by atoms with Crippen molar-refractivity contribution in [2.75, 3.05) is 0 Å². The smallest absolute Gasteiger partial charge is 0.141 e. The van der Waals surface area contributed by atoms with E-state index < -0.39 is 11.2 Å². The van der Waals surface area contributed by atoms with E-state index in [2.05, 4.69) is 0 Å². The summed E-state index contributed by atoms with van der Waals surface area (Å²) >= 11 is 0. The first-order valence-electron chi connectivity index (χ1n) is 11.4. The number of hydrogen-bond acceptors (Lipinski definition) is 4. The van der Waals surface area contributed by atoms with Crippen LogP contribution in [0.4, 0.5) is 0 Å². The van der Waals surface area contributed by atoms with E-state index in [1.54, 1.807) is 24.3 Å². The molecule has 0 spiro atoms. The fourth-order valence-electron chi connectivity index (χ4n) is 5.47. The summed E-state index contributed by atoms with van der Waals surface area (Å²) in [4.78, 5) is 0. The summed E-state index contributed by atoms with van der Waals surface area (Å²) in [6.07, 6.45) is 0. The van der Waals surface area contributed by atoms with Crippen LogP contribution in [0.15, 0.2) is 72.8 Å². The van der Waals surface area contributed by atoms with Gasteiger partial charge in [-0.3, -0.25) is 0 Å². The second-order valence-corrected chi connectivity index (χ2v) is 9.43. The fourth-order valence-corrected chi connectivity index (χ4v) is 5.47. The summed E-state index contributed by atoms with van der Waals surface area (Å²) < 4.78 is 0. The number of aromatic hydroxyl groups is 2. The van der Waals surface area contributed by atoms with Crippen molar-refractivity contribution in [3.8, 4) is 11.5 Å². The Hall–Kier alpha value is -3.60. The first kappa shape index (κ1) is 22.2. The molecule has 0 heterocycles. The molecule has 34 heavy (non-hydrogen) atoms. The Balaban J connectivity index is 1.90. The molecule has 0 saturated heterocycles. The fraction of sp³-hybridized carbons (Fsp3) is 0.200. The van der Waals surface area contributed by atoms with Gasteiger partial charge in [0.05, 0.1) is 0 Å². The lowest BCUT2D eigenvalue weighted by molar-refractivity contribution is 0.0746. The van der Waals surface area contributed by atoms with E-state index in [9.17, 15) is 20.4 Å². The second kappa shape index (κ2) is 7.45. The zero-order valence-corrected chi connectivity index (χ0v) is 19.7. The maximum atomic E-state index is 12.5. The quantitative estimate of drug-likeness (QED) is 0.336. The molecule has 0 aromatic heterocycles. The van der Waals surface area contributed by atoms with E-state index >= 15 is 0 Å². The van der Waals surface area contributed by atoms with Gasteiger partial charge in [-0.2, -0.15) is 0 Å². The largest absolute Gasteiger partial charge is 0.507 e. The van der Waals surface area contributed by atoms with Crippen molar-refractivity contribution < 1.29 is 20.4 Å². The normalized spacial score (nSPS) is 21.1. The predicted octanol–water partition coefficient (Wildman–Crippen LogP) is 5.21. The molecule has 4 aromatic rings. The highest BCUT2D eigenvalue weighted by atomic mass is 16.3. The number of fused-ring (bicyclic) bond motifs is 2. The molecule has 0 bridgehead atoms. The molecule has 172 valence electrons. The minimum absolute atomic E-state index is 0.205. The molecule has 0 aliphatic heterocycles. The SMILES string of the molecule is Cc1cc(C2(O)c3ccccc3C(O)(c3cc(C)c(O)c(C)c3)c3ccccc32)cc(C)c1O. The van der Waals surface area contributed by atoms with Crippen molar-refractivity contribution in [1.82, 2.24) is 0 Å². The Morgan fingerprint density at radius 3 is 0.941 bits per heavy atom. The van der Waals surface area contributed by atoms with E-state index in [0.717, 1.165) is 0 Å². The van der Waals surface area contributed by atoms with Gasteiger partial charge >= 0.3 is 0 Å². The molecule has 4 N–H and O–H groups in total. The molecule has 0 radical (unpaired) electrons. The van der Waals surface area contributed by atoms with Crippen molar-refractivity contribution in [3.63, 3.8) is 0 Å². The Bertz CT molecular complexity index is 1250. The lowest BCUT2D eigenvalue weighted by Crippen LogP contribution is -2.44. The predicted molar refractivity (Wildman–Crippen MR) is 132 cm³/mol. The summed E-state index contributed by atoms with van der Waals surface area (Å²) in [5.74, 6) is 0.410. The van der Waals surface area contributed by atoms with Crippen molar-refractivity contribution in [1.29, 1.82) is 0 Å². The van der Waals surface area contributed by atoms with Crippen LogP contribution in [-0.2, 0) is 11.2 Å². The van der Waals surface area contributed by atoms with Crippen molar-refractivity contribution >= 4 is 0 Å². The lowest BCUT2D eigenvalue weighted by atomic mass is 9.63. The first-order valence-corrected chi connectivity index (χ1v) is 11.4. The van der Waals surface area contributed by atoms with Crippen LogP contribution in [0.2, 0.25) is 0 Å². The Morgan fingerprint density at radius 2 is 0.706 bits per heavy atom. The van der Waals surface area contributed by atoms with Gasteiger partial charge in [0.1, 0.15) is 22.7 Å². The zero-order chi connectivity index (χ0) is 24.4. The number of rotatable bonds is 2. The van der Waals surface area contributed by atoms with Crippen LogP contribution in [-0.4, -0.2) is 20.4 Å².